The maximum Gasteiger partial charge on any atom is 0.0701 e. The van der Waals surface area contributed by atoms with E-state index in [2.05, 4.69) is 32.6 Å². The molecular weight excluding hydrogens is 258 g/mol. The number of methoxy groups -OCH3 is 2. The van der Waals surface area contributed by atoms with Crippen LogP contribution in [0.15, 0.2) is 0 Å². The van der Waals surface area contributed by atoms with Crippen molar-refractivity contribution in [1.29, 1.82) is 0 Å². The van der Waals surface area contributed by atoms with Crippen molar-refractivity contribution in [1.82, 2.24) is 4.90 Å². The Labute approximate surface area is 124 Å². The second-order valence-electron chi connectivity index (χ2n) is 5.42. The number of nitrogens with zero attached hydrogens (tertiary/aromatic N) is 1. The van der Waals surface area contributed by atoms with E-state index in [1.807, 2.05) is 0 Å². The Kier molecular flexibility index (Phi) is 12.4. The minimum Gasteiger partial charge on any atom is -0.382 e. The van der Waals surface area contributed by atoms with Crippen molar-refractivity contribution < 1.29 is 18.9 Å². The van der Waals surface area contributed by atoms with Gasteiger partial charge in [0.1, 0.15) is 0 Å². The van der Waals surface area contributed by atoms with E-state index in [0.29, 0.717) is 51.7 Å². The summed E-state index contributed by atoms with van der Waals surface area (Å²) in [5, 5.41) is 0. The summed E-state index contributed by atoms with van der Waals surface area (Å²) in [7, 11) is 3.37. The van der Waals surface area contributed by atoms with Crippen LogP contribution in [0.5, 0.6) is 0 Å². The first-order valence-corrected chi connectivity index (χ1v) is 7.45. The van der Waals surface area contributed by atoms with Gasteiger partial charge in [-0.3, -0.25) is 4.90 Å². The fourth-order valence-corrected chi connectivity index (χ4v) is 2.38. The zero-order valence-corrected chi connectivity index (χ0v) is 14.1. The lowest BCUT2D eigenvalue weighted by Crippen LogP contribution is -2.49. The van der Waals surface area contributed by atoms with E-state index >= 15 is 0 Å². The molecule has 0 aliphatic carbocycles. The molecule has 0 aromatic carbocycles. The minimum absolute atomic E-state index is 0.253. The zero-order valence-electron chi connectivity index (χ0n) is 14.1. The number of rotatable bonds is 13. The molecule has 0 aliphatic rings. The van der Waals surface area contributed by atoms with Crippen LogP contribution in [0.1, 0.15) is 27.7 Å². The van der Waals surface area contributed by atoms with Crippen LogP contribution in [-0.4, -0.2) is 76.9 Å². The topological polar surface area (TPSA) is 40.2 Å². The van der Waals surface area contributed by atoms with Gasteiger partial charge >= 0.3 is 0 Å². The van der Waals surface area contributed by atoms with Crippen molar-refractivity contribution in [2.75, 3.05) is 53.9 Å². The Balaban J connectivity index is 4.34. The Morgan fingerprint density at radius 1 is 0.700 bits per heavy atom. The third-order valence-corrected chi connectivity index (χ3v) is 3.10. The standard InChI is InChI=1S/C15H33NO4/c1-13(2)16(14(3)4)15(11-19-9-7-17-5)12-20-10-8-18-6/h13-15H,7-12H2,1-6H3. The quantitative estimate of drug-likeness (QED) is 0.484. The lowest BCUT2D eigenvalue weighted by atomic mass is 10.1. The number of ether oxygens (including phenoxy) is 4. The Hall–Kier alpha value is -0.200. The first-order chi connectivity index (χ1) is 9.54. The molecule has 0 aromatic rings. The van der Waals surface area contributed by atoms with Crippen LogP contribution in [0, 0.1) is 0 Å². The largest absolute Gasteiger partial charge is 0.382 e. The van der Waals surface area contributed by atoms with E-state index in [1.165, 1.54) is 0 Å². The lowest BCUT2D eigenvalue weighted by Gasteiger charge is -2.37. The first kappa shape index (κ1) is 19.8. The molecule has 5 heteroatoms. The van der Waals surface area contributed by atoms with Crippen LogP contribution in [-0.2, 0) is 18.9 Å². The van der Waals surface area contributed by atoms with Crippen LogP contribution < -0.4 is 0 Å². The van der Waals surface area contributed by atoms with Gasteiger partial charge in [-0.2, -0.15) is 0 Å². The second-order valence-corrected chi connectivity index (χ2v) is 5.42. The molecule has 122 valence electrons. The fraction of sp³-hybridized carbons (Fsp3) is 1.00. The summed E-state index contributed by atoms with van der Waals surface area (Å²) in [6, 6.07) is 1.16. The van der Waals surface area contributed by atoms with Crippen LogP contribution in [0.4, 0.5) is 0 Å². The summed E-state index contributed by atoms with van der Waals surface area (Å²) in [6.07, 6.45) is 0. The van der Waals surface area contributed by atoms with Crippen molar-refractivity contribution in [2.45, 2.75) is 45.8 Å². The Morgan fingerprint density at radius 2 is 1.10 bits per heavy atom. The van der Waals surface area contributed by atoms with E-state index in [9.17, 15) is 0 Å². The average molecular weight is 291 g/mol. The molecule has 20 heavy (non-hydrogen) atoms. The normalized spacial score (nSPS) is 12.3. The highest BCUT2D eigenvalue weighted by Gasteiger charge is 2.24. The van der Waals surface area contributed by atoms with Crippen molar-refractivity contribution in [2.24, 2.45) is 0 Å². The summed E-state index contributed by atoms with van der Waals surface area (Å²) in [4.78, 5) is 2.43. The van der Waals surface area contributed by atoms with Gasteiger partial charge in [0.15, 0.2) is 0 Å². The van der Waals surface area contributed by atoms with Gasteiger partial charge in [-0.15, -0.1) is 0 Å². The monoisotopic (exact) mass is 291 g/mol. The smallest absolute Gasteiger partial charge is 0.0701 e. The molecule has 0 fully saturated rings. The third-order valence-electron chi connectivity index (χ3n) is 3.10. The molecule has 0 aliphatic heterocycles. The summed E-state index contributed by atoms with van der Waals surface area (Å²) in [5.74, 6) is 0. The maximum atomic E-state index is 5.70. The van der Waals surface area contributed by atoms with E-state index in [0.717, 1.165) is 0 Å². The molecule has 0 unspecified atom stereocenters. The highest BCUT2D eigenvalue weighted by molar-refractivity contribution is 4.77. The van der Waals surface area contributed by atoms with Crippen LogP contribution in [0.25, 0.3) is 0 Å². The predicted molar refractivity (Wildman–Crippen MR) is 81.3 cm³/mol. The fourth-order valence-electron chi connectivity index (χ4n) is 2.38. The zero-order chi connectivity index (χ0) is 15.4. The average Bonchev–Trinajstić information content (AvgIpc) is 2.38. The molecule has 0 rings (SSSR count). The van der Waals surface area contributed by atoms with Gasteiger partial charge in [-0.25, -0.2) is 0 Å². The van der Waals surface area contributed by atoms with Gasteiger partial charge in [-0.05, 0) is 27.7 Å². The van der Waals surface area contributed by atoms with Crippen molar-refractivity contribution in [3.8, 4) is 0 Å². The molecule has 0 saturated heterocycles. The highest BCUT2D eigenvalue weighted by atomic mass is 16.5. The number of hydrogen-bond acceptors (Lipinski definition) is 5. The highest BCUT2D eigenvalue weighted by Crippen LogP contribution is 2.12. The van der Waals surface area contributed by atoms with Gasteiger partial charge in [0.2, 0.25) is 0 Å². The number of hydrogen-bond donors (Lipinski definition) is 0. The van der Waals surface area contributed by atoms with Crippen molar-refractivity contribution in [3.63, 3.8) is 0 Å². The van der Waals surface area contributed by atoms with Crippen LogP contribution in [0.3, 0.4) is 0 Å². The van der Waals surface area contributed by atoms with Gasteiger partial charge in [0, 0.05) is 26.3 Å². The lowest BCUT2D eigenvalue weighted by molar-refractivity contribution is -0.0346. The second kappa shape index (κ2) is 12.5. The third kappa shape index (κ3) is 8.87. The van der Waals surface area contributed by atoms with E-state index < -0.39 is 0 Å². The molecule has 0 heterocycles. The Bertz CT molecular complexity index is 192. The van der Waals surface area contributed by atoms with Gasteiger partial charge in [0.05, 0.1) is 45.7 Å². The molecule has 0 spiro atoms. The molecule has 0 aromatic heterocycles. The van der Waals surface area contributed by atoms with Crippen LogP contribution >= 0.6 is 0 Å². The maximum absolute atomic E-state index is 5.70. The minimum atomic E-state index is 0.253. The molecule has 0 atom stereocenters. The Morgan fingerprint density at radius 3 is 1.40 bits per heavy atom. The van der Waals surface area contributed by atoms with Gasteiger partial charge < -0.3 is 18.9 Å². The molecule has 0 N–H and O–H groups in total. The molecule has 5 nitrogen and oxygen atoms in total. The van der Waals surface area contributed by atoms with Crippen LogP contribution in [0.2, 0.25) is 0 Å². The van der Waals surface area contributed by atoms with E-state index in [-0.39, 0.29) is 6.04 Å². The summed E-state index contributed by atoms with van der Waals surface area (Å²) in [5.41, 5.74) is 0. The molecule has 0 amide bonds. The van der Waals surface area contributed by atoms with E-state index in [1.54, 1.807) is 14.2 Å². The summed E-state index contributed by atoms with van der Waals surface area (Å²) >= 11 is 0. The van der Waals surface area contributed by atoms with Crippen molar-refractivity contribution in [3.05, 3.63) is 0 Å². The first-order valence-electron chi connectivity index (χ1n) is 7.45. The summed E-state index contributed by atoms with van der Waals surface area (Å²) in [6.45, 7) is 12.6. The van der Waals surface area contributed by atoms with Crippen molar-refractivity contribution >= 4 is 0 Å². The summed E-state index contributed by atoms with van der Waals surface area (Å²) < 4.78 is 21.4. The molecule has 0 bridgehead atoms. The predicted octanol–water partition coefficient (Wildman–Crippen LogP) is 1.80. The van der Waals surface area contributed by atoms with Gasteiger partial charge in [-0.1, -0.05) is 0 Å². The van der Waals surface area contributed by atoms with Gasteiger partial charge in [0.25, 0.3) is 0 Å². The van der Waals surface area contributed by atoms with E-state index in [4.69, 9.17) is 18.9 Å². The molecule has 0 saturated carbocycles. The molecular formula is C15H33NO4. The SMILES string of the molecule is COCCOCC(COCCOC)N(C(C)C)C(C)C. The molecule has 0 radical (unpaired) electrons.